The van der Waals surface area contributed by atoms with Gasteiger partial charge < -0.3 is 4.74 Å². The minimum Gasteiger partial charge on any atom is -0.406 e. The van der Waals surface area contributed by atoms with Crippen molar-refractivity contribution in [3.63, 3.8) is 0 Å². The molecular formula is C13H8F4O. The van der Waals surface area contributed by atoms with Crippen molar-refractivity contribution in [2.45, 2.75) is 6.36 Å². The highest BCUT2D eigenvalue weighted by Crippen LogP contribution is 2.28. The number of alkyl halides is 3. The molecule has 0 spiro atoms. The number of rotatable bonds is 2. The molecular weight excluding hydrogens is 248 g/mol. The minimum absolute atomic E-state index is 0.227. The molecule has 0 aliphatic heterocycles. The normalized spacial score (nSPS) is 11.3. The van der Waals surface area contributed by atoms with E-state index in [1.54, 1.807) is 30.3 Å². The molecule has 0 aromatic heterocycles. The van der Waals surface area contributed by atoms with Crippen molar-refractivity contribution in [2.75, 3.05) is 0 Å². The van der Waals surface area contributed by atoms with E-state index >= 15 is 0 Å². The summed E-state index contributed by atoms with van der Waals surface area (Å²) in [6, 6.07) is 11.6. The summed E-state index contributed by atoms with van der Waals surface area (Å²) in [6.45, 7) is 0. The Balaban J connectivity index is 2.32. The first-order valence-electron chi connectivity index (χ1n) is 5.06. The highest BCUT2D eigenvalue weighted by atomic mass is 19.4. The van der Waals surface area contributed by atoms with Crippen LogP contribution in [-0.2, 0) is 0 Å². The van der Waals surface area contributed by atoms with Crippen LogP contribution in [0.25, 0.3) is 11.1 Å². The molecule has 0 aliphatic rings. The molecule has 5 heteroatoms. The van der Waals surface area contributed by atoms with Gasteiger partial charge in [0.25, 0.3) is 0 Å². The summed E-state index contributed by atoms with van der Waals surface area (Å²) >= 11 is 0. The van der Waals surface area contributed by atoms with Crippen LogP contribution in [0.3, 0.4) is 0 Å². The van der Waals surface area contributed by atoms with Crippen LogP contribution in [0.15, 0.2) is 48.5 Å². The molecule has 0 N–H and O–H groups in total. The fourth-order valence-corrected chi connectivity index (χ4v) is 1.54. The minimum atomic E-state index is -4.82. The number of hydrogen-bond donors (Lipinski definition) is 0. The van der Waals surface area contributed by atoms with E-state index < -0.39 is 17.9 Å². The molecule has 0 aliphatic carbocycles. The van der Waals surface area contributed by atoms with Gasteiger partial charge in [-0.1, -0.05) is 30.3 Å². The summed E-state index contributed by atoms with van der Waals surface area (Å²) in [4.78, 5) is 0. The molecule has 0 amide bonds. The van der Waals surface area contributed by atoms with Crippen LogP contribution in [0.5, 0.6) is 5.75 Å². The van der Waals surface area contributed by atoms with Gasteiger partial charge in [-0.3, -0.25) is 0 Å². The number of benzene rings is 2. The van der Waals surface area contributed by atoms with Crippen molar-refractivity contribution in [2.24, 2.45) is 0 Å². The molecule has 2 aromatic carbocycles. The Morgan fingerprint density at radius 1 is 0.889 bits per heavy atom. The maximum absolute atomic E-state index is 13.7. The lowest BCUT2D eigenvalue weighted by Crippen LogP contribution is -2.17. The van der Waals surface area contributed by atoms with Crippen LogP contribution in [0.2, 0.25) is 0 Å². The zero-order chi connectivity index (χ0) is 13.2. The van der Waals surface area contributed by atoms with Gasteiger partial charge in [-0.25, -0.2) is 4.39 Å². The van der Waals surface area contributed by atoms with Crippen molar-refractivity contribution >= 4 is 0 Å². The average Bonchev–Trinajstić information content (AvgIpc) is 2.28. The van der Waals surface area contributed by atoms with E-state index in [1.807, 2.05) is 0 Å². The van der Waals surface area contributed by atoms with Gasteiger partial charge in [-0.15, -0.1) is 13.2 Å². The van der Waals surface area contributed by atoms with Crippen LogP contribution in [0.4, 0.5) is 17.6 Å². The van der Waals surface area contributed by atoms with E-state index in [2.05, 4.69) is 4.74 Å². The van der Waals surface area contributed by atoms with Crippen molar-refractivity contribution in [1.29, 1.82) is 0 Å². The molecule has 0 saturated carbocycles. The SMILES string of the molecule is Fc1cc(OC(F)(F)F)ccc1-c1ccccc1. The zero-order valence-electron chi connectivity index (χ0n) is 9.04. The molecule has 0 fully saturated rings. The van der Waals surface area contributed by atoms with Crippen LogP contribution < -0.4 is 4.74 Å². The molecule has 0 radical (unpaired) electrons. The number of ether oxygens (including phenoxy) is 1. The third-order valence-corrected chi connectivity index (χ3v) is 2.26. The highest BCUT2D eigenvalue weighted by Gasteiger charge is 2.31. The third-order valence-electron chi connectivity index (χ3n) is 2.26. The van der Waals surface area contributed by atoms with Gasteiger partial charge in [0.15, 0.2) is 0 Å². The van der Waals surface area contributed by atoms with Crippen molar-refractivity contribution in [3.05, 3.63) is 54.3 Å². The molecule has 0 bridgehead atoms. The summed E-state index contributed by atoms with van der Waals surface area (Å²) in [5, 5.41) is 0. The second-order valence-corrected chi connectivity index (χ2v) is 3.56. The van der Waals surface area contributed by atoms with Crippen LogP contribution >= 0.6 is 0 Å². The van der Waals surface area contributed by atoms with E-state index in [0.29, 0.717) is 5.56 Å². The first-order valence-corrected chi connectivity index (χ1v) is 5.06. The Morgan fingerprint density at radius 3 is 2.11 bits per heavy atom. The summed E-state index contributed by atoms with van der Waals surface area (Å²) in [5.41, 5.74) is 0.818. The Hall–Kier alpha value is -2.04. The fraction of sp³-hybridized carbons (Fsp3) is 0.0769. The molecule has 0 unspecified atom stereocenters. The quantitative estimate of drug-likeness (QED) is 0.724. The molecule has 0 atom stereocenters. The molecule has 18 heavy (non-hydrogen) atoms. The molecule has 94 valence electrons. The largest absolute Gasteiger partial charge is 0.573 e. The summed E-state index contributed by atoms with van der Waals surface area (Å²) < 4.78 is 53.2. The van der Waals surface area contributed by atoms with Crippen LogP contribution in [0, 0.1) is 5.82 Å². The molecule has 0 saturated heterocycles. The maximum atomic E-state index is 13.7. The standard InChI is InChI=1S/C13H8F4O/c14-12-8-10(18-13(15,16)17)6-7-11(12)9-4-2-1-3-5-9/h1-8H. The van der Waals surface area contributed by atoms with Crippen molar-refractivity contribution in [1.82, 2.24) is 0 Å². The van der Waals surface area contributed by atoms with E-state index in [-0.39, 0.29) is 5.56 Å². The van der Waals surface area contributed by atoms with Crippen LogP contribution in [0.1, 0.15) is 0 Å². The lowest BCUT2D eigenvalue weighted by molar-refractivity contribution is -0.274. The molecule has 2 aromatic rings. The van der Waals surface area contributed by atoms with Gasteiger partial charge in [0, 0.05) is 11.6 Å². The predicted molar refractivity (Wildman–Crippen MR) is 58.5 cm³/mol. The summed E-state index contributed by atoms with van der Waals surface area (Å²) in [6.07, 6.45) is -4.82. The third kappa shape index (κ3) is 3.00. The molecule has 1 nitrogen and oxygen atoms in total. The van der Waals surface area contributed by atoms with Gasteiger partial charge in [0.2, 0.25) is 0 Å². The van der Waals surface area contributed by atoms with E-state index in [0.717, 1.165) is 12.1 Å². The maximum Gasteiger partial charge on any atom is 0.573 e. The number of hydrogen-bond acceptors (Lipinski definition) is 1. The second-order valence-electron chi connectivity index (χ2n) is 3.56. The topological polar surface area (TPSA) is 9.23 Å². The zero-order valence-corrected chi connectivity index (χ0v) is 9.04. The smallest absolute Gasteiger partial charge is 0.406 e. The van der Waals surface area contributed by atoms with Gasteiger partial charge >= 0.3 is 6.36 Å². The second kappa shape index (κ2) is 4.68. The Morgan fingerprint density at radius 2 is 1.56 bits per heavy atom. The average molecular weight is 256 g/mol. The lowest BCUT2D eigenvalue weighted by atomic mass is 10.1. The Kier molecular flexibility index (Phi) is 3.23. The van der Waals surface area contributed by atoms with Crippen molar-refractivity contribution < 1.29 is 22.3 Å². The van der Waals surface area contributed by atoms with E-state index in [4.69, 9.17) is 0 Å². The van der Waals surface area contributed by atoms with E-state index in [1.165, 1.54) is 6.07 Å². The Labute approximate surface area is 101 Å². The van der Waals surface area contributed by atoms with E-state index in [9.17, 15) is 17.6 Å². The van der Waals surface area contributed by atoms with Gasteiger partial charge in [-0.2, -0.15) is 0 Å². The first kappa shape index (κ1) is 12.4. The first-order chi connectivity index (χ1) is 8.46. The number of halogens is 4. The van der Waals surface area contributed by atoms with Crippen LogP contribution in [-0.4, -0.2) is 6.36 Å². The van der Waals surface area contributed by atoms with Gasteiger partial charge in [0.1, 0.15) is 11.6 Å². The predicted octanol–water partition coefficient (Wildman–Crippen LogP) is 4.39. The summed E-state index contributed by atoms with van der Waals surface area (Å²) in [7, 11) is 0. The van der Waals surface area contributed by atoms with Gasteiger partial charge in [-0.05, 0) is 17.7 Å². The lowest BCUT2D eigenvalue weighted by Gasteiger charge is -2.10. The fourth-order valence-electron chi connectivity index (χ4n) is 1.54. The van der Waals surface area contributed by atoms with Crippen molar-refractivity contribution in [3.8, 4) is 16.9 Å². The molecule has 0 heterocycles. The molecule has 2 rings (SSSR count). The highest BCUT2D eigenvalue weighted by molar-refractivity contribution is 5.64. The summed E-state index contributed by atoms with van der Waals surface area (Å²) in [5.74, 6) is -1.33. The monoisotopic (exact) mass is 256 g/mol. The Bertz CT molecular complexity index is 534. The van der Waals surface area contributed by atoms with Gasteiger partial charge in [0.05, 0.1) is 0 Å².